The summed E-state index contributed by atoms with van der Waals surface area (Å²) in [5.41, 5.74) is 0.843. The minimum Gasteiger partial charge on any atom is -0.382 e. The second-order valence-electron chi connectivity index (χ2n) is 4.20. The number of nitrogens with zero attached hydrogens (tertiary/aromatic N) is 1. The first-order valence-electron chi connectivity index (χ1n) is 5.75. The van der Waals surface area contributed by atoms with Gasteiger partial charge in [0, 0.05) is 22.2 Å². The fourth-order valence-corrected chi connectivity index (χ4v) is 3.23. The molecule has 0 aliphatic carbocycles. The monoisotopic (exact) mass is 341 g/mol. The highest BCUT2D eigenvalue weighted by Crippen LogP contribution is 2.25. The Morgan fingerprint density at radius 3 is 2.38 bits per heavy atom. The van der Waals surface area contributed by atoms with Crippen LogP contribution in [0.25, 0.3) is 0 Å². The molecule has 7 heteroatoms. The Bertz CT molecular complexity index is 793. The lowest BCUT2D eigenvalue weighted by Crippen LogP contribution is -2.12. The summed E-state index contributed by atoms with van der Waals surface area (Å²) in [5, 5.41) is 9.35. The van der Waals surface area contributed by atoms with Crippen molar-refractivity contribution >= 4 is 33.3 Å². The Kier molecular flexibility index (Phi) is 4.73. The Labute approximate surface area is 132 Å². The maximum atomic E-state index is 12.0. The predicted octanol–water partition coefficient (Wildman–Crippen LogP) is 3.77. The molecule has 0 bridgehead atoms. The van der Waals surface area contributed by atoms with E-state index in [1.165, 1.54) is 24.3 Å². The molecule has 0 unspecified atom stereocenters. The largest absolute Gasteiger partial charge is 0.382 e. The number of halogens is 2. The average Bonchev–Trinajstić information content (AvgIpc) is 2.36. The molecule has 0 aliphatic heterocycles. The molecule has 2 aromatic carbocycles. The van der Waals surface area contributed by atoms with Gasteiger partial charge in [-0.05, 0) is 23.8 Å². The highest BCUT2D eigenvalue weighted by atomic mass is 35.5. The molecule has 21 heavy (non-hydrogen) atoms. The zero-order valence-electron chi connectivity index (χ0n) is 10.6. The van der Waals surface area contributed by atoms with Gasteiger partial charge in [-0.2, -0.15) is 13.7 Å². The third kappa shape index (κ3) is 4.64. The van der Waals surface area contributed by atoms with Crippen LogP contribution in [-0.2, 0) is 15.9 Å². The van der Waals surface area contributed by atoms with Crippen LogP contribution in [0.1, 0.15) is 11.1 Å². The maximum absolute atomic E-state index is 12.0. The summed E-state index contributed by atoms with van der Waals surface area (Å²) in [5.74, 6) is -0.309. The Balaban J connectivity index is 2.20. The number of hydrogen-bond acceptors (Lipinski definition) is 4. The molecule has 0 aliphatic rings. The van der Waals surface area contributed by atoms with Crippen LogP contribution in [0.15, 0.2) is 42.5 Å². The molecule has 0 atom stereocenters. The molecule has 0 fully saturated rings. The quantitative estimate of drug-likeness (QED) is 0.793. The zero-order chi connectivity index (χ0) is 15.5. The van der Waals surface area contributed by atoms with Crippen molar-refractivity contribution in [3.63, 3.8) is 0 Å². The molecule has 0 radical (unpaired) electrons. The lowest BCUT2D eigenvalue weighted by atomic mass is 10.2. The Morgan fingerprint density at radius 1 is 1.10 bits per heavy atom. The maximum Gasteiger partial charge on any atom is 0.313 e. The summed E-state index contributed by atoms with van der Waals surface area (Å²) in [7, 11) is -3.87. The van der Waals surface area contributed by atoms with Gasteiger partial charge in [-0.1, -0.05) is 35.3 Å². The second-order valence-corrected chi connectivity index (χ2v) is 6.65. The van der Waals surface area contributed by atoms with Gasteiger partial charge in [0.15, 0.2) is 0 Å². The van der Waals surface area contributed by atoms with Crippen molar-refractivity contribution in [1.29, 1.82) is 5.26 Å². The van der Waals surface area contributed by atoms with Gasteiger partial charge in [-0.15, -0.1) is 0 Å². The van der Waals surface area contributed by atoms with Crippen molar-refractivity contribution < 1.29 is 12.6 Å². The van der Waals surface area contributed by atoms with E-state index in [9.17, 15) is 8.42 Å². The van der Waals surface area contributed by atoms with Crippen LogP contribution < -0.4 is 4.18 Å². The fraction of sp³-hybridized carbons (Fsp3) is 0.0714. The third-order valence-corrected chi connectivity index (χ3v) is 4.03. The topological polar surface area (TPSA) is 67.2 Å². The second kappa shape index (κ2) is 6.35. The standard InChI is InChI=1S/C14H9Cl2NO3S/c15-12-5-13(16)7-14(6-12)20-21(18,19)9-11-3-1-2-10(4-11)8-17/h1-7H,9H2. The van der Waals surface area contributed by atoms with Crippen LogP contribution >= 0.6 is 23.2 Å². The Morgan fingerprint density at radius 2 is 1.76 bits per heavy atom. The van der Waals surface area contributed by atoms with E-state index in [-0.39, 0.29) is 21.5 Å². The van der Waals surface area contributed by atoms with Crippen LogP contribution in [0.3, 0.4) is 0 Å². The smallest absolute Gasteiger partial charge is 0.313 e. The SMILES string of the molecule is N#Cc1cccc(CS(=O)(=O)Oc2cc(Cl)cc(Cl)c2)c1. The van der Waals surface area contributed by atoms with Crippen molar-refractivity contribution in [3.05, 3.63) is 63.6 Å². The van der Waals surface area contributed by atoms with E-state index in [2.05, 4.69) is 0 Å². The summed E-state index contributed by atoms with van der Waals surface area (Å²) in [6.07, 6.45) is 0. The van der Waals surface area contributed by atoms with E-state index in [1.54, 1.807) is 18.2 Å². The molecule has 2 rings (SSSR count). The normalized spacial score (nSPS) is 10.9. The van der Waals surface area contributed by atoms with Gasteiger partial charge in [0.05, 0.1) is 11.6 Å². The molecule has 4 nitrogen and oxygen atoms in total. The molecule has 0 saturated carbocycles. The van der Waals surface area contributed by atoms with Crippen LogP contribution in [-0.4, -0.2) is 8.42 Å². The summed E-state index contributed by atoms with van der Waals surface area (Å²) in [6.45, 7) is 0. The predicted molar refractivity (Wildman–Crippen MR) is 80.9 cm³/mol. The summed E-state index contributed by atoms with van der Waals surface area (Å²) in [4.78, 5) is 0. The summed E-state index contributed by atoms with van der Waals surface area (Å²) >= 11 is 11.6. The third-order valence-electron chi connectivity index (χ3n) is 2.46. The molecular formula is C14H9Cl2NO3S. The van der Waals surface area contributed by atoms with E-state index in [0.717, 1.165) is 0 Å². The first-order valence-corrected chi connectivity index (χ1v) is 8.08. The number of hydrogen-bond donors (Lipinski definition) is 0. The first-order chi connectivity index (χ1) is 9.88. The number of benzene rings is 2. The van der Waals surface area contributed by atoms with E-state index >= 15 is 0 Å². The van der Waals surface area contributed by atoms with Gasteiger partial charge in [0.2, 0.25) is 0 Å². The van der Waals surface area contributed by atoms with E-state index in [4.69, 9.17) is 32.6 Å². The summed E-state index contributed by atoms with van der Waals surface area (Å²) < 4.78 is 29.0. The lowest BCUT2D eigenvalue weighted by Gasteiger charge is -2.08. The highest BCUT2D eigenvalue weighted by Gasteiger charge is 2.15. The number of rotatable bonds is 4. The fourth-order valence-electron chi connectivity index (χ4n) is 1.69. The minimum atomic E-state index is -3.87. The van der Waals surface area contributed by atoms with Crippen LogP contribution in [0, 0.1) is 11.3 Å². The summed E-state index contributed by atoms with van der Waals surface area (Å²) in [6, 6.07) is 12.4. The molecule has 108 valence electrons. The van der Waals surface area contributed by atoms with E-state index in [0.29, 0.717) is 11.1 Å². The molecule has 0 aromatic heterocycles. The van der Waals surface area contributed by atoms with Crippen LogP contribution in [0.2, 0.25) is 10.0 Å². The van der Waals surface area contributed by atoms with Crippen LogP contribution in [0.5, 0.6) is 5.75 Å². The molecule has 0 heterocycles. The minimum absolute atomic E-state index is 0.0453. The van der Waals surface area contributed by atoms with Crippen molar-refractivity contribution in [2.45, 2.75) is 5.75 Å². The zero-order valence-corrected chi connectivity index (χ0v) is 12.9. The van der Waals surface area contributed by atoms with Crippen molar-refractivity contribution in [2.75, 3.05) is 0 Å². The van der Waals surface area contributed by atoms with Gasteiger partial charge >= 0.3 is 10.1 Å². The first kappa shape index (κ1) is 15.6. The highest BCUT2D eigenvalue weighted by molar-refractivity contribution is 7.86. The molecule has 0 amide bonds. The molecule has 0 saturated heterocycles. The van der Waals surface area contributed by atoms with E-state index < -0.39 is 10.1 Å². The van der Waals surface area contributed by atoms with Gasteiger partial charge in [0.25, 0.3) is 0 Å². The molecule has 2 aromatic rings. The van der Waals surface area contributed by atoms with Gasteiger partial charge in [0.1, 0.15) is 11.5 Å². The van der Waals surface area contributed by atoms with Crippen molar-refractivity contribution in [3.8, 4) is 11.8 Å². The van der Waals surface area contributed by atoms with Gasteiger partial charge in [-0.25, -0.2) is 0 Å². The molecule has 0 spiro atoms. The Hall–Kier alpha value is -1.74. The van der Waals surface area contributed by atoms with E-state index in [1.807, 2.05) is 6.07 Å². The molecule has 0 N–H and O–H groups in total. The lowest BCUT2D eigenvalue weighted by molar-refractivity contribution is 0.485. The number of nitriles is 1. The van der Waals surface area contributed by atoms with Crippen LogP contribution in [0.4, 0.5) is 0 Å². The van der Waals surface area contributed by atoms with Crippen molar-refractivity contribution in [1.82, 2.24) is 0 Å². The molecular weight excluding hydrogens is 333 g/mol. The van der Waals surface area contributed by atoms with Crippen molar-refractivity contribution in [2.24, 2.45) is 0 Å². The average molecular weight is 342 g/mol. The van der Waals surface area contributed by atoms with Gasteiger partial charge in [-0.3, -0.25) is 0 Å². The van der Waals surface area contributed by atoms with Gasteiger partial charge < -0.3 is 4.18 Å².